The van der Waals surface area contributed by atoms with Crippen molar-refractivity contribution in [3.8, 4) is 0 Å². The van der Waals surface area contributed by atoms with Gasteiger partial charge in [-0.25, -0.2) is 4.98 Å². The zero-order valence-corrected chi connectivity index (χ0v) is 9.37. The summed E-state index contributed by atoms with van der Waals surface area (Å²) >= 11 is 3.41. The third kappa shape index (κ3) is 1.49. The summed E-state index contributed by atoms with van der Waals surface area (Å²) in [5.74, 6) is 0.967. The highest BCUT2D eigenvalue weighted by molar-refractivity contribution is 9.10. The second kappa shape index (κ2) is 3.59. The van der Waals surface area contributed by atoms with E-state index in [-0.39, 0.29) is 0 Å². The van der Waals surface area contributed by atoms with Crippen LogP contribution in [-0.4, -0.2) is 16.4 Å². The zero-order valence-electron chi connectivity index (χ0n) is 7.79. The number of hydrogen-bond acceptors (Lipinski definition) is 3. The van der Waals surface area contributed by atoms with E-state index in [0.29, 0.717) is 0 Å². The number of nitrogens with one attached hydrogen (secondary N) is 1. The average molecular weight is 255 g/mol. The maximum absolute atomic E-state index is 5.70. The Morgan fingerprint density at radius 2 is 2.43 bits per heavy atom. The second-order valence-electron chi connectivity index (χ2n) is 3.06. The minimum absolute atomic E-state index is 0.733. The van der Waals surface area contributed by atoms with E-state index < -0.39 is 0 Å². The van der Waals surface area contributed by atoms with E-state index in [1.807, 2.05) is 29.8 Å². The van der Waals surface area contributed by atoms with Gasteiger partial charge in [-0.05, 0) is 35.1 Å². The van der Waals surface area contributed by atoms with Crippen molar-refractivity contribution < 1.29 is 0 Å². The van der Waals surface area contributed by atoms with Gasteiger partial charge >= 0.3 is 0 Å². The summed E-state index contributed by atoms with van der Waals surface area (Å²) in [5, 5.41) is 3.07. The van der Waals surface area contributed by atoms with Gasteiger partial charge in [0.25, 0.3) is 0 Å². The van der Waals surface area contributed by atoms with Gasteiger partial charge in [-0.1, -0.05) is 0 Å². The van der Waals surface area contributed by atoms with Gasteiger partial charge in [0.1, 0.15) is 10.4 Å². The van der Waals surface area contributed by atoms with E-state index in [2.05, 4.69) is 26.2 Å². The first-order chi connectivity index (χ1) is 6.72. The molecule has 0 bridgehead atoms. The molecular weight excluding hydrogens is 244 g/mol. The number of nitrogens with two attached hydrogens (primary N) is 1. The van der Waals surface area contributed by atoms with Crippen molar-refractivity contribution in [1.82, 2.24) is 14.7 Å². The average Bonchev–Trinajstić information content (AvgIpc) is 2.44. The van der Waals surface area contributed by atoms with Crippen LogP contribution in [0.15, 0.2) is 22.9 Å². The molecule has 0 atom stereocenters. The molecule has 4 nitrogen and oxygen atoms in total. The third-order valence-corrected chi connectivity index (χ3v) is 2.61. The molecule has 0 unspecified atom stereocenters. The van der Waals surface area contributed by atoms with E-state index >= 15 is 0 Å². The topological polar surface area (TPSA) is 55.3 Å². The van der Waals surface area contributed by atoms with Gasteiger partial charge in [0.2, 0.25) is 0 Å². The standard InChI is InChI=1S/C9H11BrN4/c1-12-5-8-13-9(10)7-4-6(11)2-3-14(7)8/h2-4,12H,5,11H2,1H3. The van der Waals surface area contributed by atoms with E-state index in [0.717, 1.165) is 28.2 Å². The lowest BCUT2D eigenvalue weighted by atomic mass is 10.4. The molecule has 2 heterocycles. The molecule has 2 aromatic rings. The number of rotatable bonds is 2. The van der Waals surface area contributed by atoms with Gasteiger partial charge in [0.05, 0.1) is 12.1 Å². The zero-order chi connectivity index (χ0) is 10.1. The summed E-state index contributed by atoms with van der Waals surface area (Å²) in [4.78, 5) is 4.38. The summed E-state index contributed by atoms with van der Waals surface area (Å²) in [6.07, 6.45) is 1.93. The molecular formula is C9H11BrN4. The normalized spacial score (nSPS) is 11.0. The molecule has 0 amide bonds. The monoisotopic (exact) mass is 254 g/mol. The van der Waals surface area contributed by atoms with Crippen LogP contribution in [0.5, 0.6) is 0 Å². The Morgan fingerprint density at radius 3 is 3.14 bits per heavy atom. The molecule has 0 radical (unpaired) electrons. The van der Waals surface area contributed by atoms with Gasteiger partial charge in [0.15, 0.2) is 0 Å². The lowest BCUT2D eigenvalue weighted by molar-refractivity contribution is 0.754. The molecule has 0 spiro atoms. The highest BCUT2D eigenvalue weighted by Gasteiger charge is 2.07. The Hall–Kier alpha value is -1.07. The fraction of sp³-hybridized carbons (Fsp3) is 0.222. The highest BCUT2D eigenvalue weighted by Crippen LogP contribution is 2.20. The van der Waals surface area contributed by atoms with Crippen LogP contribution >= 0.6 is 15.9 Å². The fourth-order valence-corrected chi connectivity index (χ4v) is 1.92. The second-order valence-corrected chi connectivity index (χ2v) is 3.82. The molecule has 3 N–H and O–H groups in total. The fourth-order valence-electron chi connectivity index (χ4n) is 1.41. The number of halogens is 1. The largest absolute Gasteiger partial charge is 0.399 e. The molecule has 0 saturated carbocycles. The van der Waals surface area contributed by atoms with Crippen LogP contribution in [0.4, 0.5) is 5.69 Å². The third-order valence-electron chi connectivity index (χ3n) is 2.03. The molecule has 74 valence electrons. The smallest absolute Gasteiger partial charge is 0.132 e. The summed E-state index contributed by atoms with van der Waals surface area (Å²) in [6, 6.07) is 3.76. The molecule has 2 rings (SSSR count). The first-order valence-corrected chi connectivity index (χ1v) is 5.08. The van der Waals surface area contributed by atoms with Crippen LogP contribution < -0.4 is 11.1 Å². The van der Waals surface area contributed by atoms with Crippen LogP contribution in [0, 0.1) is 0 Å². The van der Waals surface area contributed by atoms with Gasteiger partial charge in [-0.15, -0.1) is 0 Å². The van der Waals surface area contributed by atoms with Crippen molar-refractivity contribution in [2.45, 2.75) is 6.54 Å². The highest BCUT2D eigenvalue weighted by atomic mass is 79.9. The maximum atomic E-state index is 5.70. The number of fused-ring (bicyclic) bond motifs is 1. The summed E-state index contributed by atoms with van der Waals surface area (Å²) in [7, 11) is 1.90. The van der Waals surface area contributed by atoms with Crippen molar-refractivity contribution in [1.29, 1.82) is 0 Å². The number of imidazole rings is 1. The van der Waals surface area contributed by atoms with Crippen molar-refractivity contribution >= 4 is 27.1 Å². The lowest BCUT2D eigenvalue weighted by Crippen LogP contribution is -2.08. The predicted molar refractivity (Wildman–Crippen MR) is 60.1 cm³/mol. The number of nitrogens with zero attached hydrogens (tertiary/aromatic N) is 2. The van der Waals surface area contributed by atoms with Crippen molar-refractivity contribution in [2.24, 2.45) is 0 Å². The molecule has 14 heavy (non-hydrogen) atoms. The molecule has 0 aliphatic rings. The van der Waals surface area contributed by atoms with Crippen molar-refractivity contribution in [2.75, 3.05) is 12.8 Å². The molecule has 0 aromatic carbocycles. The lowest BCUT2D eigenvalue weighted by Gasteiger charge is -2.00. The molecule has 2 aromatic heterocycles. The first-order valence-electron chi connectivity index (χ1n) is 4.29. The maximum Gasteiger partial charge on any atom is 0.132 e. The van der Waals surface area contributed by atoms with E-state index in [1.54, 1.807) is 0 Å². The predicted octanol–water partition coefficient (Wildman–Crippen LogP) is 1.40. The molecule has 0 saturated heterocycles. The van der Waals surface area contributed by atoms with Crippen LogP contribution in [0.3, 0.4) is 0 Å². The van der Waals surface area contributed by atoms with Crippen LogP contribution in [-0.2, 0) is 6.54 Å². The Balaban J connectivity index is 2.65. The van der Waals surface area contributed by atoms with Crippen molar-refractivity contribution in [3.05, 3.63) is 28.8 Å². The SMILES string of the molecule is CNCc1nc(Br)c2cc(N)ccn12. The number of nitrogen functional groups attached to an aromatic ring is 1. The molecule has 0 fully saturated rings. The van der Waals surface area contributed by atoms with E-state index in [9.17, 15) is 0 Å². The van der Waals surface area contributed by atoms with Crippen LogP contribution in [0.2, 0.25) is 0 Å². The van der Waals surface area contributed by atoms with E-state index in [1.165, 1.54) is 0 Å². The van der Waals surface area contributed by atoms with Gasteiger partial charge in [-0.3, -0.25) is 0 Å². The number of anilines is 1. The Kier molecular flexibility index (Phi) is 2.43. The first kappa shape index (κ1) is 9.48. The van der Waals surface area contributed by atoms with Crippen LogP contribution in [0.1, 0.15) is 5.82 Å². The van der Waals surface area contributed by atoms with Crippen molar-refractivity contribution in [3.63, 3.8) is 0 Å². The van der Waals surface area contributed by atoms with E-state index in [4.69, 9.17) is 5.73 Å². The number of hydrogen-bond donors (Lipinski definition) is 2. The minimum atomic E-state index is 0.733. The molecule has 0 aliphatic carbocycles. The Labute approximate surface area is 90.3 Å². The van der Waals surface area contributed by atoms with Gasteiger partial charge in [0, 0.05) is 11.9 Å². The summed E-state index contributed by atoms with van der Waals surface area (Å²) in [5.41, 5.74) is 7.44. The molecule has 5 heteroatoms. The quantitative estimate of drug-likeness (QED) is 0.852. The van der Waals surface area contributed by atoms with Crippen LogP contribution in [0.25, 0.3) is 5.52 Å². The number of pyridine rings is 1. The Morgan fingerprint density at radius 1 is 1.64 bits per heavy atom. The van der Waals surface area contributed by atoms with Gasteiger partial charge < -0.3 is 15.5 Å². The van der Waals surface area contributed by atoms with Gasteiger partial charge in [-0.2, -0.15) is 0 Å². The summed E-state index contributed by atoms with van der Waals surface area (Å²) in [6.45, 7) is 0.733. The minimum Gasteiger partial charge on any atom is -0.399 e. The number of aromatic nitrogens is 2. The Bertz CT molecular complexity index is 463. The summed E-state index contributed by atoms with van der Waals surface area (Å²) < 4.78 is 2.84. The molecule has 0 aliphatic heterocycles.